The normalized spacial score (nSPS) is 16.0. The fourth-order valence-corrected chi connectivity index (χ4v) is 2.84. The van der Waals surface area contributed by atoms with Crippen molar-refractivity contribution in [1.82, 2.24) is 0 Å². The van der Waals surface area contributed by atoms with Crippen molar-refractivity contribution in [3.05, 3.63) is 17.9 Å². The number of carbonyl (C=O) groups is 1. The SMILES string of the molecule is O=C([O-])c1ccc(S(=O)(=O)CC2COC2)o1.[Li+]. The molecule has 88 valence electrons. The Morgan fingerprint density at radius 2 is 2.06 bits per heavy atom. The number of hydrogen-bond donors (Lipinski definition) is 0. The maximum absolute atomic E-state index is 11.7. The fourth-order valence-electron chi connectivity index (χ4n) is 1.37. The summed E-state index contributed by atoms with van der Waals surface area (Å²) in [4.78, 5) is 10.4. The van der Waals surface area contributed by atoms with Gasteiger partial charge in [0.15, 0.2) is 5.76 Å². The third-order valence-corrected chi connectivity index (χ3v) is 3.99. The standard InChI is InChI=1S/C9H10O6S.Li/c10-9(11)7-1-2-8(15-7)16(12,13)5-6-3-14-4-6;/h1-2,6H,3-5H2,(H,10,11);/q;+1/p-1. The zero-order chi connectivity index (χ0) is 11.8. The first-order valence-electron chi connectivity index (χ1n) is 4.61. The number of carbonyl (C=O) groups excluding carboxylic acids is 1. The molecule has 0 saturated carbocycles. The molecule has 8 heteroatoms. The molecule has 0 aliphatic carbocycles. The average molecular weight is 252 g/mol. The monoisotopic (exact) mass is 252 g/mol. The number of furan rings is 1. The van der Waals surface area contributed by atoms with Crippen LogP contribution in [0, 0.1) is 5.92 Å². The molecule has 0 N–H and O–H groups in total. The number of carboxylic acid groups (broad SMARTS) is 1. The first-order valence-corrected chi connectivity index (χ1v) is 6.26. The maximum atomic E-state index is 11.7. The van der Waals surface area contributed by atoms with Gasteiger partial charge >= 0.3 is 18.9 Å². The predicted octanol–water partition coefficient (Wildman–Crippen LogP) is -3.93. The molecule has 0 spiro atoms. The van der Waals surface area contributed by atoms with E-state index < -0.39 is 21.6 Å². The van der Waals surface area contributed by atoms with Gasteiger partial charge in [-0.2, -0.15) is 0 Å². The van der Waals surface area contributed by atoms with Gasteiger partial charge in [0.05, 0.1) is 19.0 Å². The van der Waals surface area contributed by atoms with E-state index in [2.05, 4.69) is 4.42 Å². The summed E-state index contributed by atoms with van der Waals surface area (Å²) in [6.07, 6.45) is 0. The molecule has 1 saturated heterocycles. The smallest absolute Gasteiger partial charge is 0.542 e. The van der Waals surface area contributed by atoms with Crippen molar-refractivity contribution in [2.45, 2.75) is 5.09 Å². The van der Waals surface area contributed by atoms with Gasteiger partial charge in [0, 0.05) is 5.92 Å². The van der Waals surface area contributed by atoms with E-state index in [0.29, 0.717) is 13.2 Å². The average Bonchev–Trinajstić information content (AvgIpc) is 2.61. The van der Waals surface area contributed by atoms with Crippen molar-refractivity contribution in [3.63, 3.8) is 0 Å². The van der Waals surface area contributed by atoms with Crippen LogP contribution in [0.3, 0.4) is 0 Å². The Kier molecular flexibility index (Phi) is 4.44. The second kappa shape index (κ2) is 5.27. The number of hydrogen-bond acceptors (Lipinski definition) is 6. The van der Waals surface area contributed by atoms with Crippen LogP contribution in [-0.4, -0.2) is 33.4 Å². The number of rotatable bonds is 4. The Bertz CT molecular complexity index is 501. The van der Waals surface area contributed by atoms with Gasteiger partial charge in [-0.3, -0.25) is 0 Å². The van der Waals surface area contributed by atoms with Crippen LogP contribution in [0.1, 0.15) is 10.6 Å². The molecule has 0 atom stereocenters. The minimum atomic E-state index is -3.57. The molecule has 0 radical (unpaired) electrons. The molecular weight excluding hydrogens is 243 g/mol. The second-order valence-corrected chi connectivity index (χ2v) is 5.56. The Balaban J connectivity index is 0.00000144. The molecule has 1 aliphatic heterocycles. The molecule has 0 amide bonds. The molecule has 1 aromatic rings. The maximum Gasteiger partial charge on any atom is 1.00 e. The summed E-state index contributed by atoms with van der Waals surface area (Å²) in [6.45, 7) is 0.820. The van der Waals surface area contributed by atoms with E-state index >= 15 is 0 Å². The van der Waals surface area contributed by atoms with E-state index in [0.717, 1.165) is 12.1 Å². The van der Waals surface area contributed by atoms with E-state index in [-0.39, 0.29) is 35.6 Å². The largest absolute Gasteiger partial charge is 1.00 e. The van der Waals surface area contributed by atoms with Crippen molar-refractivity contribution in [1.29, 1.82) is 0 Å². The van der Waals surface area contributed by atoms with Crippen LogP contribution in [-0.2, 0) is 14.6 Å². The van der Waals surface area contributed by atoms with E-state index in [1.54, 1.807) is 0 Å². The minimum Gasteiger partial charge on any atom is -0.542 e. The summed E-state index contributed by atoms with van der Waals surface area (Å²) >= 11 is 0. The third kappa shape index (κ3) is 3.13. The van der Waals surface area contributed by atoms with Crippen LogP contribution < -0.4 is 24.0 Å². The number of sulfone groups is 1. The molecule has 2 rings (SSSR count). The van der Waals surface area contributed by atoms with Crippen LogP contribution in [0.15, 0.2) is 21.6 Å². The first kappa shape index (κ1) is 14.3. The number of ether oxygens (including phenoxy) is 1. The van der Waals surface area contributed by atoms with Crippen molar-refractivity contribution in [3.8, 4) is 0 Å². The van der Waals surface area contributed by atoms with Crippen molar-refractivity contribution in [2.24, 2.45) is 5.92 Å². The number of carboxylic acids is 1. The molecule has 6 nitrogen and oxygen atoms in total. The fraction of sp³-hybridized carbons (Fsp3) is 0.444. The number of aromatic carboxylic acids is 1. The molecule has 0 bridgehead atoms. The summed E-state index contributed by atoms with van der Waals surface area (Å²) < 4.78 is 33.0. The van der Waals surface area contributed by atoms with Crippen LogP contribution in [0.5, 0.6) is 0 Å². The predicted molar refractivity (Wildman–Crippen MR) is 49.4 cm³/mol. The second-order valence-electron chi connectivity index (χ2n) is 3.59. The van der Waals surface area contributed by atoms with Crippen LogP contribution in [0.2, 0.25) is 0 Å². The summed E-state index contributed by atoms with van der Waals surface area (Å²) in [5.41, 5.74) is 0. The van der Waals surface area contributed by atoms with Gasteiger partial charge in [-0.15, -0.1) is 0 Å². The summed E-state index contributed by atoms with van der Waals surface area (Å²) in [5.74, 6) is -2.15. The van der Waals surface area contributed by atoms with E-state index in [9.17, 15) is 18.3 Å². The van der Waals surface area contributed by atoms with Gasteiger partial charge in [0.1, 0.15) is 5.97 Å². The van der Waals surface area contributed by atoms with Gasteiger partial charge in [-0.1, -0.05) is 0 Å². The van der Waals surface area contributed by atoms with Crippen molar-refractivity contribution >= 4 is 15.8 Å². The van der Waals surface area contributed by atoms with Crippen LogP contribution in [0.25, 0.3) is 0 Å². The first-order chi connectivity index (χ1) is 7.49. The summed E-state index contributed by atoms with van der Waals surface area (Å²) in [7, 11) is -3.57. The topological polar surface area (TPSA) is 96.6 Å². The van der Waals surface area contributed by atoms with Gasteiger partial charge in [0.25, 0.3) is 0 Å². The van der Waals surface area contributed by atoms with E-state index in [1.165, 1.54) is 0 Å². The van der Waals surface area contributed by atoms with Crippen LogP contribution >= 0.6 is 0 Å². The Morgan fingerprint density at radius 3 is 2.47 bits per heavy atom. The third-order valence-electron chi connectivity index (χ3n) is 2.25. The van der Waals surface area contributed by atoms with E-state index in [1.807, 2.05) is 0 Å². The van der Waals surface area contributed by atoms with Gasteiger partial charge in [-0.25, -0.2) is 8.42 Å². The molecule has 1 fully saturated rings. The molecule has 0 unspecified atom stereocenters. The van der Waals surface area contributed by atoms with E-state index in [4.69, 9.17) is 4.74 Å². The summed E-state index contributed by atoms with van der Waals surface area (Å²) in [6, 6.07) is 2.19. The molecular formula is C9H9LiO6S. The zero-order valence-electron chi connectivity index (χ0n) is 9.21. The van der Waals surface area contributed by atoms with Gasteiger partial charge in [0.2, 0.25) is 14.9 Å². The quantitative estimate of drug-likeness (QED) is 0.508. The molecule has 2 heterocycles. The summed E-state index contributed by atoms with van der Waals surface area (Å²) in [5, 5.41) is 10.1. The Hall–Kier alpha value is -0.743. The zero-order valence-corrected chi connectivity index (χ0v) is 10.0. The molecule has 17 heavy (non-hydrogen) atoms. The van der Waals surface area contributed by atoms with Crippen molar-refractivity contribution in [2.75, 3.05) is 19.0 Å². The molecule has 0 aromatic carbocycles. The van der Waals surface area contributed by atoms with Crippen molar-refractivity contribution < 1.29 is 46.3 Å². The molecule has 1 aliphatic rings. The minimum absolute atomic E-state index is 0. The van der Waals surface area contributed by atoms with Gasteiger partial charge < -0.3 is 19.1 Å². The Morgan fingerprint density at radius 1 is 1.41 bits per heavy atom. The Labute approximate surface area is 110 Å². The van der Waals surface area contributed by atoms with Crippen LogP contribution in [0.4, 0.5) is 0 Å². The van der Waals surface area contributed by atoms with Gasteiger partial charge in [-0.05, 0) is 12.1 Å². The molecule has 1 aromatic heterocycles.